The highest BCUT2D eigenvalue weighted by Gasteiger charge is 2.51. The van der Waals surface area contributed by atoms with Crippen LogP contribution in [0.4, 0.5) is 0 Å². The summed E-state index contributed by atoms with van der Waals surface area (Å²) in [5.41, 5.74) is 1.78. The Hall–Kier alpha value is -2.47. The zero-order valence-electron chi connectivity index (χ0n) is 18.3. The summed E-state index contributed by atoms with van der Waals surface area (Å²) in [5.74, 6) is 0.164. The van der Waals surface area contributed by atoms with Crippen molar-refractivity contribution in [3.63, 3.8) is 0 Å². The molecule has 1 amide bonds. The van der Waals surface area contributed by atoms with Crippen LogP contribution in [0.3, 0.4) is 0 Å². The molecule has 4 fully saturated rings. The number of piperidine rings is 1. The maximum absolute atomic E-state index is 12.9. The average molecular weight is 442 g/mol. The zero-order valence-corrected chi connectivity index (χ0v) is 18.3. The fourth-order valence-corrected chi connectivity index (χ4v) is 5.81. The van der Waals surface area contributed by atoms with Crippen LogP contribution in [0.25, 0.3) is 0 Å². The number of carbonyl (C=O) groups is 2. The van der Waals surface area contributed by atoms with Gasteiger partial charge in [0.1, 0.15) is 6.10 Å². The Bertz CT molecular complexity index is 832. The molecule has 1 aromatic rings. The van der Waals surface area contributed by atoms with Gasteiger partial charge >= 0.3 is 0 Å². The topological polar surface area (TPSA) is 103 Å². The number of carbonyl (C=O) groups excluding carboxylic acids is 1. The van der Waals surface area contributed by atoms with Crippen LogP contribution in [-0.4, -0.2) is 77.4 Å². The molecule has 1 unspecified atom stereocenters. The van der Waals surface area contributed by atoms with Gasteiger partial charge in [0, 0.05) is 38.3 Å². The molecule has 0 saturated carbocycles. The third kappa shape index (κ3) is 4.80. The summed E-state index contributed by atoms with van der Waals surface area (Å²) in [6, 6.07) is 11.1. The fraction of sp³-hybridized carbons (Fsp3) is 0.625. The van der Waals surface area contributed by atoms with E-state index in [0.717, 1.165) is 32.2 Å². The van der Waals surface area contributed by atoms with Gasteiger partial charge in [0.25, 0.3) is 12.4 Å². The Balaban J connectivity index is 0.000000775. The first kappa shape index (κ1) is 22.7. The van der Waals surface area contributed by atoms with Gasteiger partial charge in [-0.05, 0) is 56.2 Å². The molecule has 0 radical (unpaired) electrons. The van der Waals surface area contributed by atoms with E-state index in [9.17, 15) is 4.79 Å². The lowest BCUT2D eigenvalue weighted by molar-refractivity contribution is -0.172. The first-order valence-corrected chi connectivity index (χ1v) is 11.4. The van der Waals surface area contributed by atoms with Gasteiger partial charge in [-0.2, -0.15) is 5.26 Å². The number of amides is 1. The third-order valence-corrected chi connectivity index (χ3v) is 7.20. The van der Waals surface area contributed by atoms with Gasteiger partial charge in [0.2, 0.25) is 0 Å². The summed E-state index contributed by atoms with van der Waals surface area (Å²) in [5, 5.41) is 15.9. The van der Waals surface area contributed by atoms with Gasteiger partial charge in [-0.25, -0.2) is 0 Å². The first-order chi connectivity index (χ1) is 15.6. The van der Waals surface area contributed by atoms with Crippen molar-refractivity contribution in [3.8, 4) is 6.07 Å². The second kappa shape index (κ2) is 9.99. The van der Waals surface area contributed by atoms with E-state index in [1.165, 1.54) is 18.4 Å². The molecule has 172 valence electrons. The quantitative estimate of drug-likeness (QED) is 0.717. The van der Waals surface area contributed by atoms with Crippen LogP contribution in [0.1, 0.15) is 49.7 Å². The number of hydrogen-bond acceptors (Lipinski definition) is 6. The minimum Gasteiger partial charge on any atom is -0.483 e. The molecule has 4 saturated heterocycles. The Morgan fingerprint density at radius 1 is 1.19 bits per heavy atom. The summed E-state index contributed by atoms with van der Waals surface area (Å²) in [7, 11) is 0. The number of benzene rings is 1. The molecular weight excluding hydrogens is 410 g/mol. The molecule has 1 N–H and O–H groups in total. The molecule has 8 nitrogen and oxygen atoms in total. The first-order valence-electron chi connectivity index (χ1n) is 11.4. The molecule has 5 rings (SSSR count). The van der Waals surface area contributed by atoms with Crippen molar-refractivity contribution >= 4 is 12.4 Å². The average Bonchev–Trinajstić information content (AvgIpc) is 3.42. The monoisotopic (exact) mass is 441 g/mol. The number of nitrogens with zero attached hydrogens (tertiary/aromatic N) is 3. The summed E-state index contributed by atoms with van der Waals surface area (Å²) in [6.45, 7) is 3.41. The third-order valence-electron chi connectivity index (χ3n) is 7.20. The Morgan fingerprint density at radius 2 is 1.88 bits per heavy atom. The van der Waals surface area contributed by atoms with Gasteiger partial charge < -0.3 is 19.5 Å². The molecular formula is C24H31N3O5. The van der Waals surface area contributed by atoms with Crippen LogP contribution in [0.2, 0.25) is 0 Å². The molecule has 0 aliphatic carbocycles. The Kier molecular flexibility index (Phi) is 7.09. The van der Waals surface area contributed by atoms with E-state index < -0.39 is 0 Å². The predicted octanol–water partition coefficient (Wildman–Crippen LogP) is 2.16. The van der Waals surface area contributed by atoms with E-state index in [1.54, 1.807) is 0 Å². The zero-order chi connectivity index (χ0) is 22.6. The summed E-state index contributed by atoms with van der Waals surface area (Å²) in [4.78, 5) is 25.9. The molecule has 4 aliphatic heterocycles. The van der Waals surface area contributed by atoms with Crippen LogP contribution in [0.15, 0.2) is 24.3 Å². The maximum atomic E-state index is 12.9. The van der Waals surface area contributed by atoms with Crippen LogP contribution < -0.4 is 0 Å². The highest BCUT2D eigenvalue weighted by molar-refractivity contribution is 5.81. The normalized spacial score (nSPS) is 31.6. The second-order valence-corrected chi connectivity index (χ2v) is 9.17. The molecule has 2 bridgehead atoms. The molecule has 4 aliphatic rings. The Morgan fingerprint density at radius 3 is 2.47 bits per heavy atom. The lowest BCUT2D eigenvalue weighted by atomic mass is 9.84. The summed E-state index contributed by atoms with van der Waals surface area (Å²) in [6.07, 6.45) is 5.99. The summed E-state index contributed by atoms with van der Waals surface area (Å²) < 4.78 is 12.0. The highest BCUT2D eigenvalue weighted by atomic mass is 16.5. The van der Waals surface area contributed by atoms with E-state index >= 15 is 0 Å². The fourth-order valence-electron chi connectivity index (χ4n) is 5.81. The number of ether oxygens (including phenoxy) is 2. The van der Waals surface area contributed by atoms with E-state index in [1.807, 2.05) is 17.0 Å². The number of hydrogen-bond donors (Lipinski definition) is 1. The van der Waals surface area contributed by atoms with Crippen molar-refractivity contribution in [1.82, 2.24) is 9.80 Å². The van der Waals surface area contributed by atoms with Crippen molar-refractivity contribution in [3.05, 3.63) is 35.4 Å². The van der Waals surface area contributed by atoms with Crippen LogP contribution in [-0.2, 0) is 25.6 Å². The van der Waals surface area contributed by atoms with Crippen LogP contribution in [0.5, 0.6) is 0 Å². The van der Waals surface area contributed by atoms with Crippen molar-refractivity contribution in [2.75, 3.05) is 26.3 Å². The molecule has 4 atom stereocenters. The maximum Gasteiger partial charge on any atom is 0.290 e. The standard InChI is InChI=1S/C23H29N3O3.CH2O2/c24-14-17-3-5-18(6-4-17)15-26-19-7-8-20(26)13-23(12-19)16-25(9-11-29-23)22(27)21-2-1-10-28-21;2-1-3/h3-6,19-21H,1-2,7-13,15-16H2;1H,(H,2,3)/t19-,20+,21-,23?;/m0./s1. The molecule has 8 heteroatoms. The van der Waals surface area contributed by atoms with Gasteiger partial charge in [-0.15, -0.1) is 0 Å². The van der Waals surface area contributed by atoms with Crippen LogP contribution in [0, 0.1) is 11.3 Å². The van der Waals surface area contributed by atoms with Crippen molar-refractivity contribution < 1.29 is 24.2 Å². The molecule has 0 aromatic heterocycles. The SMILES string of the molecule is N#Cc1ccc(CN2[C@@H]3CC[C@H]2CC2(C3)CN(C(=O)[C@@H]3CCCO3)CCO2)cc1.O=CO. The number of nitriles is 1. The largest absolute Gasteiger partial charge is 0.483 e. The predicted molar refractivity (Wildman–Crippen MR) is 116 cm³/mol. The van der Waals surface area contributed by atoms with Crippen molar-refractivity contribution in [2.45, 2.75) is 68.9 Å². The van der Waals surface area contributed by atoms with Gasteiger partial charge in [-0.1, -0.05) is 12.1 Å². The second-order valence-electron chi connectivity index (χ2n) is 9.17. The van der Waals surface area contributed by atoms with E-state index in [2.05, 4.69) is 23.1 Å². The molecule has 1 aromatic carbocycles. The van der Waals surface area contributed by atoms with Crippen LogP contribution >= 0.6 is 0 Å². The highest BCUT2D eigenvalue weighted by Crippen LogP contribution is 2.44. The van der Waals surface area contributed by atoms with E-state index in [0.29, 0.717) is 44.0 Å². The van der Waals surface area contributed by atoms with Gasteiger partial charge in [-0.3, -0.25) is 14.5 Å². The number of carboxylic acid groups (broad SMARTS) is 1. The molecule has 1 spiro atoms. The van der Waals surface area contributed by atoms with E-state index in [-0.39, 0.29) is 24.1 Å². The van der Waals surface area contributed by atoms with Crippen molar-refractivity contribution in [1.29, 1.82) is 5.26 Å². The van der Waals surface area contributed by atoms with Gasteiger partial charge in [0.15, 0.2) is 0 Å². The number of fused-ring (bicyclic) bond motifs is 2. The van der Waals surface area contributed by atoms with E-state index in [4.69, 9.17) is 24.6 Å². The lowest BCUT2D eigenvalue weighted by Gasteiger charge is -2.50. The minimum atomic E-state index is -0.250. The number of rotatable bonds is 3. The molecule has 32 heavy (non-hydrogen) atoms. The number of morpholine rings is 1. The summed E-state index contributed by atoms with van der Waals surface area (Å²) >= 11 is 0. The van der Waals surface area contributed by atoms with Gasteiger partial charge in [0.05, 0.1) is 23.8 Å². The smallest absolute Gasteiger partial charge is 0.290 e. The molecule has 4 heterocycles. The Labute approximate surface area is 188 Å². The minimum absolute atomic E-state index is 0.164. The lowest BCUT2D eigenvalue weighted by Crippen LogP contribution is -2.61. The van der Waals surface area contributed by atoms with Crippen molar-refractivity contribution in [2.24, 2.45) is 0 Å².